The summed E-state index contributed by atoms with van der Waals surface area (Å²) >= 11 is 1.17. The predicted octanol–water partition coefficient (Wildman–Crippen LogP) is 4.99. The van der Waals surface area contributed by atoms with E-state index in [1.807, 2.05) is 12.1 Å². The Morgan fingerprint density at radius 1 is 0.962 bits per heavy atom. The number of pyridine rings is 1. The highest BCUT2D eigenvalue weighted by molar-refractivity contribution is 7.94. The van der Waals surface area contributed by atoms with Crippen molar-refractivity contribution in [2.75, 3.05) is 10.0 Å². The molecule has 0 saturated carbocycles. The molecule has 0 aliphatic heterocycles. The van der Waals surface area contributed by atoms with Crippen LogP contribution in [-0.4, -0.2) is 13.4 Å². The number of thiophene rings is 1. The first-order valence-corrected chi connectivity index (χ1v) is 10.5. The van der Waals surface area contributed by atoms with Crippen LogP contribution >= 0.6 is 11.3 Å². The quantitative estimate of drug-likeness (QED) is 0.647. The fourth-order valence-electron chi connectivity index (χ4n) is 2.35. The molecule has 2 N–H and O–H groups in total. The number of rotatable bonds is 5. The normalized spacial score (nSPS) is 12.0. The molecular weight excluding hydrogens is 366 g/mol. The first-order chi connectivity index (χ1) is 12.2. The van der Waals surface area contributed by atoms with Gasteiger partial charge in [-0.3, -0.25) is 4.72 Å². The Bertz CT molecular complexity index is 957. The lowest BCUT2D eigenvalue weighted by atomic mass is 9.87. The van der Waals surface area contributed by atoms with Crippen LogP contribution in [0.15, 0.2) is 64.3 Å². The highest BCUT2D eigenvalue weighted by Gasteiger charge is 2.16. The summed E-state index contributed by atoms with van der Waals surface area (Å²) in [5.74, 6) is 0.284. The van der Waals surface area contributed by atoms with Crippen LogP contribution in [0.1, 0.15) is 26.3 Å². The van der Waals surface area contributed by atoms with Crippen LogP contribution in [0, 0.1) is 0 Å². The number of benzene rings is 1. The van der Waals surface area contributed by atoms with E-state index in [-0.39, 0.29) is 15.4 Å². The number of hydrogen-bond acceptors (Lipinski definition) is 5. The van der Waals surface area contributed by atoms with Crippen LogP contribution in [0.5, 0.6) is 0 Å². The van der Waals surface area contributed by atoms with Gasteiger partial charge in [0.15, 0.2) is 0 Å². The van der Waals surface area contributed by atoms with Crippen molar-refractivity contribution >= 4 is 38.6 Å². The molecule has 2 aromatic heterocycles. The summed E-state index contributed by atoms with van der Waals surface area (Å²) in [6, 6.07) is 14.9. The third-order valence-corrected chi connectivity index (χ3v) is 6.55. The SMILES string of the molecule is CC(C)(C)c1ccc(Nc2ccc(NS(=O)(=O)c3cccs3)nc2)cc1. The molecule has 0 fully saturated rings. The topological polar surface area (TPSA) is 71.1 Å². The molecule has 3 rings (SSSR count). The van der Waals surface area contributed by atoms with Gasteiger partial charge < -0.3 is 5.32 Å². The minimum absolute atomic E-state index is 0.113. The Morgan fingerprint density at radius 2 is 1.65 bits per heavy atom. The molecule has 0 spiro atoms. The van der Waals surface area contributed by atoms with E-state index in [9.17, 15) is 8.42 Å². The molecule has 5 nitrogen and oxygen atoms in total. The molecule has 1 aromatic carbocycles. The van der Waals surface area contributed by atoms with Gasteiger partial charge in [-0.15, -0.1) is 11.3 Å². The van der Waals surface area contributed by atoms with E-state index in [1.54, 1.807) is 35.8 Å². The zero-order chi connectivity index (χ0) is 18.8. The Balaban J connectivity index is 1.68. The van der Waals surface area contributed by atoms with Crippen LogP contribution in [-0.2, 0) is 15.4 Å². The maximum absolute atomic E-state index is 12.2. The molecule has 0 saturated heterocycles. The molecule has 0 unspecified atom stereocenters. The summed E-state index contributed by atoms with van der Waals surface area (Å²) in [6.07, 6.45) is 1.60. The zero-order valence-corrected chi connectivity index (χ0v) is 16.5. The second-order valence-electron chi connectivity index (χ2n) is 6.92. The smallest absolute Gasteiger partial charge is 0.272 e. The Labute approximate surface area is 158 Å². The largest absolute Gasteiger partial charge is 0.354 e. The Hall–Kier alpha value is -2.38. The lowest BCUT2D eigenvalue weighted by Gasteiger charge is -2.19. The Kier molecular flexibility index (Phi) is 5.02. The summed E-state index contributed by atoms with van der Waals surface area (Å²) in [6.45, 7) is 6.53. The second kappa shape index (κ2) is 7.09. The summed E-state index contributed by atoms with van der Waals surface area (Å²) < 4.78 is 27.1. The van der Waals surface area contributed by atoms with Crippen molar-refractivity contribution < 1.29 is 8.42 Å². The summed E-state index contributed by atoms with van der Waals surface area (Å²) in [5, 5.41) is 4.98. The molecule has 0 aliphatic carbocycles. The van der Waals surface area contributed by atoms with Gasteiger partial charge in [-0.05, 0) is 46.7 Å². The van der Waals surface area contributed by atoms with E-state index in [1.165, 1.54) is 16.9 Å². The van der Waals surface area contributed by atoms with Gasteiger partial charge in [-0.25, -0.2) is 13.4 Å². The molecule has 0 atom stereocenters. The van der Waals surface area contributed by atoms with E-state index in [4.69, 9.17) is 0 Å². The lowest BCUT2D eigenvalue weighted by Crippen LogP contribution is -2.12. The molecular formula is C19H21N3O2S2. The number of aromatic nitrogens is 1. The maximum atomic E-state index is 12.2. The standard InChI is InChI=1S/C19H21N3O2S2/c1-19(2,3)14-6-8-15(9-7-14)21-16-10-11-17(20-13-16)22-26(23,24)18-5-4-12-25-18/h4-13,21H,1-3H3,(H,20,22). The molecule has 3 aromatic rings. The molecule has 0 radical (unpaired) electrons. The lowest BCUT2D eigenvalue weighted by molar-refractivity contribution is 0.590. The van der Waals surface area contributed by atoms with Crippen molar-refractivity contribution in [1.29, 1.82) is 0 Å². The molecule has 2 heterocycles. The van der Waals surface area contributed by atoms with Crippen molar-refractivity contribution in [3.05, 3.63) is 65.7 Å². The number of nitrogens with one attached hydrogen (secondary N) is 2. The van der Waals surface area contributed by atoms with Gasteiger partial charge >= 0.3 is 0 Å². The van der Waals surface area contributed by atoms with Crippen LogP contribution < -0.4 is 10.0 Å². The first-order valence-electron chi connectivity index (χ1n) is 8.14. The highest BCUT2D eigenvalue weighted by Crippen LogP contribution is 2.25. The Morgan fingerprint density at radius 3 is 2.19 bits per heavy atom. The van der Waals surface area contributed by atoms with Crippen LogP contribution in [0.2, 0.25) is 0 Å². The number of sulfonamides is 1. The minimum Gasteiger partial charge on any atom is -0.354 e. The molecule has 136 valence electrons. The summed E-state index contributed by atoms with van der Waals surface area (Å²) in [7, 11) is -3.57. The van der Waals surface area contributed by atoms with Crippen molar-refractivity contribution in [2.45, 2.75) is 30.4 Å². The monoisotopic (exact) mass is 387 g/mol. The van der Waals surface area contributed by atoms with Crippen LogP contribution in [0.25, 0.3) is 0 Å². The van der Waals surface area contributed by atoms with Gasteiger partial charge in [0.2, 0.25) is 0 Å². The van der Waals surface area contributed by atoms with Crippen molar-refractivity contribution in [3.8, 4) is 0 Å². The van der Waals surface area contributed by atoms with Gasteiger partial charge in [-0.1, -0.05) is 39.0 Å². The summed E-state index contributed by atoms with van der Waals surface area (Å²) in [5.41, 5.74) is 3.11. The first kappa shape index (κ1) is 18.4. The molecule has 0 aliphatic rings. The van der Waals surface area contributed by atoms with E-state index >= 15 is 0 Å². The average molecular weight is 388 g/mol. The second-order valence-corrected chi connectivity index (χ2v) is 9.78. The molecule has 26 heavy (non-hydrogen) atoms. The molecule has 0 amide bonds. The van der Waals surface area contributed by atoms with E-state index in [0.717, 1.165) is 11.4 Å². The highest BCUT2D eigenvalue weighted by atomic mass is 32.2. The van der Waals surface area contributed by atoms with E-state index < -0.39 is 10.0 Å². The summed E-state index contributed by atoms with van der Waals surface area (Å²) in [4.78, 5) is 4.18. The van der Waals surface area contributed by atoms with Gasteiger partial charge in [0.25, 0.3) is 10.0 Å². The van der Waals surface area contributed by atoms with Crippen molar-refractivity contribution in [2.24, 2.45) is 0 Å². The average Bonchev–Trinajstić information content (AvgIpc) is 3.12. The fourth-order valence-corrected chi connectivity index (χ4v) is 4.35. The minimum atomic E-state index is -3.57. The van der Waals surface area contributed by atoms with Gasteiger partial charge in [0.1, 0.15) is 10.0 Å². The van der Waals surface area contributed by atoms with E-state index in [2.05, 4.69) is 47.9 Å². The van der Waals surface area contributed by atoms with Gasteiger partial charge in [-0.2, -0.15) is 0 Å². The van der Waals surface area contributed by atoms with Crippen LogP contribution in [0.4, 0.5) is 17.2 Å². The number of nitrogens with zero attached hydrogens (tertiary/aromatic N) is 1. The van der Waals surface area contributed by atoms with Crippen LogP contribution in [0.3, 0.4) is 0 Å². The van der Waals surface area contributed by atoms with Gasteiger partial charge in [0.05, 0.1) is 11.9 Å². The maximum Gasteiger partial charge on any atom is 0.272 e. The molecule has 7 heteroatoms. The van der Waals surface area contributed by atoms with Crippen molar-refractivity contribution in [1.82, 2.24) is 4.98 Å². The van der Waals surface area contributed by atoms with E-state index in [0.29, 0.717) is 0 Å². The predicted molar refractivity (Wildman–Crippen MR) is 108 cm³/mol. The zero-order valence-electron chi connectivity index (χ0n) is 14.9. The van der Waals surface area contributed by atoms with Gasteiger partial charge in [0, 0.05) is 5.69 Å². The fraction of sp³-hybridized carbons (Fsp3) is 0.211. The van der Waals surface area contributed by atoms with Crippen molar-refractivity contribution in [3.63, 3.8) is 0 Å². The number of anilines is 3. The number of hydrogen-bond donors (Lipinski definition) is 2. The third kappa shape index (κ3) is 4.42. The molecule has 0 bridgehead atoms. The third-order valence-electron chi connectivity index (χ3n) is 3.80.